The fourth-order valence-corrected chi connectivity index (χ4v) is 4.64. The van der Waals surface area contributed by atoms with Gasteiger partial charge in [-0.25, -0.2) is 4.57 Å². The number of phosphoric ester groups is 1. The number of carbonyl (C=O) groups excluding carboxylic acids is 2. The molecule has 0 spiro atoms. The average molecular weight is 578 g/mol. The highest BCUT2D eigenvalue weighted by molar-refractivity contribution is 7.47. The van der Waals surface area contributed by atoms with Crippen molar-refractivity contribution in [2.75, 3.05) is 26.4 Å². The quantitative estimate of drug-likeness (QED) is 0.0402. The number of aliphatic hydroxyl groups excluding tert-OH is 1. The molecule has 0 rings (SSSR count). The summed E-state index contributed by atoms with van der Waals surface area (Å²) in [6.45, 7) is 3.15. The second kappa shape index (κ2) is 26.9. The Labute approximate surface area is 237 Å². The summed E-state index contributed by atoms with van der Waals surface area (Å²) in [6, 6.07) is 0. The summed E-state index contributed by atoms with van der Waals surface area (Å²) in [6.07, 6.45) is 22.9. The van der Waals surface area contributed by atoms with Gasteiger partial charge in [-0.3, -0.25) is 18.6 Å². The van der Waals surface area contributed by atoms with E-state index in [0.717, 1.165) is 19.3 Å². The highest BCUT2D eigenvalue weighted by Gasteiger charge is 2.23. The standard InChI is InChI=1S/C29H56NO8P/c1-3-5-6-7-8-9-10-11-12-13-14-15-16-17-18-19-20-22-29(33)36-25-27(31)26-38-39(34,35)37-24-23-30-28(32)21-4-2/h11-12,27,31H,3-10,13-26H2,1-2H3,(H,30,32)(H,34,35)/b12-11-. The Bertz CT molecular complexity index is 674. The Balaban J connectivity index is 3.56. The van der Waals surface area contributed by atoms with E-state index in [9.17, 15) is 24.2 Å². The number of aliphatic hydroxyl groups is 1. The number of hydrogen-bond donors (Lipinski definition) is 3. The van der Waals surface area contributed by atoms with Crippen molar-refractivity contribution in [2.45, 2.75) is 136 Å². The molecule has 0 bridgehead atoms. The average Bonchev–Trinajstić information content (AvgIpc) is 2.90. The number of unbranched alkanes of at least 4 members (excludes halogenated alkanes) is 13. The van der Waals surface area contributed by atoms with Crippen molar-refractivity contribution >= 4 is 19.7 Å². The first-order valence-electron chi connectivity index (χ1n) is 15.2. The van der Waals surface area contributed by atoms with Crippen LogP contribution in [0.15, 0.2) is 12.2 Å². The van der Waals surface area contributed by atoms with Gasteiger partial charge in [0.05, 0.1) is 13.2 Å². The molecule has 0 aliphatic rings. The Morgan fingerprint density at radius 1 is 0.769 bits per heavy atom. The molecule has 0 radical (unpaired) electrons. The van der Waals surface area contributed by atoms with Crippen LogP contribution in [0, 0.1) is 0 Å². The maximum atomic E-state index is 11.8. The largest absolute Gasteiger partial charge is 0.472 e. The fourth-order valence-electron chi connectivity index (χ4n) is 3.89. The highest BCUT2D eigenvalue weighted by atomic mass is 31.2. The molecule has 0 saturated heterocycles. The minimum atomic E-state index is -4.37. The molecule has 2 atom stereocenters. The third-order valence-corrected chi connectivity index (χ3v) is 7.15. The topological polar surface area (TPSA) is 131 Å². The van der Waals surface area contributed by atoms with Crippen LogP contribution >= 0.6 is 7.82 Å². The van der Waals surface area contributed by atoms with Gasteiger partial charge in [0.25, 0.3) is 0 Å². The van der Waals surface area contributed by atoms with E-state index in [0.29, 0.717) is 12.8 Å². The first kappa shape index (κ1) is 37.8. The van der Waals surface area contributed by atoms with Gasteiger partial charge in [-0.1, -0.05) is 90.2 Å². The predicted molar refractivity (Wildman–Crippen MR) is 155 cm³/mol. The van der Waals surface area contributed by atoms with Gasteiger partial charge in [-0.15, -0.1) is 0 Å². The molecule has 230 valence electrons. The van der Waals surface area contributed by atoms with E-state index in [1.807, 2.05) is 6.92 Å². The van der Waals surface area contributed by atoms with E-state index in [4.69, 9.17) is 13.8 Å². The van der Waals surface area contributed by atoms with E-state index < -0.39 is 26.5 Å². The van der Waals surface area contributed by atoms with E-state index in [1.54, 1.807) is 0 Å². The number of allylic oxidation sites excluding steroid dienone is 2. The summed E-state index contributed by atoms with van der Waals surface area (Å²) in [5.41, 5.74) is 0. The third kappa shape index (κ3) is 28.1. The second-order valence-corrected chi connectivity index (χ2v) is 11.5. The van der Waals surface area contributed by atoms with Gasteiger partial charge in [-0.2, -0.15) is 0 Å². The first-order chi connectivity index (χ1) is 18.8. The molecule has 39 heavy (non-hydrogen) atoms. The fraction of sp³-hybridized carbons (Fsp3) is 0.862. The van der Waals surface area contributed by atoms with Crippen LogP contribution in [0.3, 0.4) is 0 Å². The third-order valence-electron chi connectivity index (χ3n) is 6.17. The van der Waals surface area contributed by atoms with Crippen LogP contribution in [0.2, 0.25) is 0 Å². The minimum absolute atomic E-state index is 0.0733. The van der Waals surface area contributed by atoms with Crippen molar-refractivity contribution in [2.24, 2.45) is 0 Å². The lowest BCUT2D eigenvalue weighted by molar-refractivity contribution is -0.147. The van der Waals surface area contributed by atoms with Crippen molar-refractivity contribution in [3.63, 3.8) is 0 Å². The number of rotatable bonds is 28. The van der Waals surface area contributed by atoms with Gasteiger partial charge in [-0.05, 0) is 38.5 Å². The van der Waals surface area contributed by atoms with Crippen LogP contribution in [-0.4, -0.2) is 54.3 Å². The predicted octanol–water partition coefficient (Wildman–Crippen LogP) is 6.76. The van der Waals surface area contributed by atoms with Gasteiger partial charge in [0.1, 0.15) is 12.7 Å². The molecule has 0 heterocycles. The lowest BCUT2D eigenvalue weighted by Crippen LogP contribution is -2.27. The molecule has 9 nitrogen and oxygen atoms in total. The van der Waals surface area contributed by atoms with Crippen molar-refractivity contribution in [3.8, 4) is 0 Å². The van der Waals surface area contributed by atoms with E-state index in [1.165, 1.54) is 77.0 Å². The molecule has 0 aromatic heterocycles. The normalized spacial score (nSPS) is 13.8. The van der Waals surface area contributed by atoms with Crippen molar-refractivity contribution in [1.82, 2.24) is 5.32 Å². The van der Waals surface area contributed by atoms with Gasteiger partial charge in [0.2, 0.25) is 5.91 Å². The zero-order valence-electron chi connectivity index (χ0n) is 24.6. The summed E-state index contributed by atoms with van der Waals surface area (Å²) >= 11 is 0. The van der Waals surface area contributed by atoms with Crippen molar-refractivity contribution in [3.05, 3.63) is 12.2 Å². The van der Waals surface area contributed by atoms with Crippen LogP contribution in [0.5, 0.6) is 0 Å². The molecular weight excluding hydrogens is 521 g/mol. The maximum absolute atomic E-state index is 11.8. The number of hydrogen-bond acceptors (Lipinski definition) is 7. The maximum Gasteiger partial charge on any atom is 0.472 e. The van der Waals surface area contributed by atoms with Crippen LogP contribution in [0.1, 0.15) is 129 Å². The lowest BCUT2D eigenvalue weighted by atomic mass is 10.1. The Morgan fingerprint density at radius 2 is 1.33 bits per heavy atom. The number of esters is 1. The molecule has 10 heteroatoms. The zero-order chi connectivity index (χ0) is 29.0. The summed E-state index contributed by atoms with van der Waals surface area (Å²) < 4.78 is 26.2. The van der Waals surface area contributed by atoms with Crippen molar-refractivity contribution in [1.29, 1.82) is 0 Å². The summed E-state index contributed by atoms with van der Waals surface area (Å²) in [5.74, 6) is -0.576. The van der Waals surface area contributed by atoms with Crippen LogP contribution < -0.4 is 5.32 Å². The molecule has 3 N–H and O–H groups in total. The van der Waals surface area contributed by atoms with Crippen LogP contribution in [-0.2, 0) is 27.9 Å². The molecular formula is C29H56NO8P. The van der Waals surface area contributed by atoms with E-state index >= 15 is 0 Å². The smallest absolute Gasteiger partial charge is 0.463 e. The lowest BCUT2D eigenvalue weighted by Gasteiger charge is -2.15. The molecule has 0 fully saturated rings. The second-order valence-electron chi connectivity index (χ2n) is 10.1. The number of carbonyl (C=O) groups is 2. The number of phosphoric acid groups is 1. The number of nitrogens with one attached hydrogen (secondary N) is 1. The molecule has 0 aliphatic carbocycles. The van der Waals surface area contributed by atoms with E-state index in [-0.39, 0.29) is 32.1 Å². The van der Waals surface area contributed by atoms with Crippen molar-refractivity contribution < 1.29 is 37.9 Å². The number of amides is 1. The van der Waals surface area contributed by atoms with Crippen LogP contribution in [0.25, 0.3) is 0 Å². The highest BCUT2D eigenvalue weighted by Crippen LogP contribution is 2.42. The molecule has 2 unspecified atom stereocenters. The minimum Gasteiger partial charge on any atom is -0.463 e. The van der Waals surface area contributed by atoms with Gasteiger partial charge < -0.3 is 20.1 Å². The van der Waals surface area contributed by atoms with Crippen LogP contribution in [0.4, 0.5) is 0 Å². The molecule has 0 saturated carbocycles. The zero-order valence-corrected chi connectivity index (χ0v) is 25.5. The molecule has 0 aliphatic heterocycles. The summed E-state index contributed by atoms with van der Waals surface area (Å²) in [5, 5.41) is 12.4. The molecule has 0 aromatic rings. The Hall–Kier alpha value is -1.25. The van der Waals surface area contributed by atoms with Gasteiger partial charge in [0, 0.05) is 19.4 Å². The summed E-state index contributed by atoms with van der Waals surface area (Å²) in [7, 11) is -4.37. The summed E-state index contributed by atoms with van der Waals surface area (Å²) in [4.78, 5) is 32.8. The Kier molecular flexibility index (Phi) is 26.1. The van der Waals surface area contributed by atoms with Gasteiger partial charge >= 0.3 is 13.8 Å². The van der Waals surface area contributed by atoms with Gasteiger partial charge in [0.15, 0.2) is 0 Å². The SMILES string of the molecule is CCCCCCCC/C=C\CCCCCCCCCC(=O)OCC(O)COP(=O)(O)OCCNC(=O)CCC. The molecule has 0 aromatic carbocycles. The van der Waals surface area contributed by atoms with E-state index in [2.05, 4.69) is 24.4 Å². The number of ether oxygens (including phenoxy) is 1. The first-order valence-corrected chi connectivity index (χ1v) is 16.7. The molecule has 1 amide bonds. The monoisotopic (exact) mass is 577 g/mol. The Morgan fingerprint density at radius 3 is 1.92 bits per heavy atom.